The van der Waals surface area contributed by atoms with Gasteiger partial charge in [0, 0.05) is 57.6 Å². The van der Waals surface area contributed by atoms with Crippen molar-refractivity contribution in [2.24, 2.45) is 16.3 Å². The lowest BCUT2D eigenvalue weighted by Gasteiger charge is -2.33. The molecule has 0 fully saturated rings. The van der Waals surface area contributed by atoms with Gasteiger partial charge in [-0.05, 0) is 66.8 Å². The van der Waals surface area contributed by atoms with Gasteiger partial charge in [0.15, 0.2) is 0 Å². The zero-order chi connectivity index (χ0) is 31.0. The summed E-state index contributed by atoms with van der Waals surface area (Å²) in [6.45, 7) is 9.54. The average Bonchev–Trinajstić information content (AvgIpc) is 3.50. The van der Waals surface area contributed by atoms with Crippen LogP contribution in [-0.2, 0) is 19.4 Å². The van der Waals surface area contributed by atoms with Crippen LogP contribution in [0.4, 0.5) is 16.4 Å². The van der Waals surface area contributed by atoms with E-state index in [0.717, 1.165) is 63.2 Å². The third-order valence-electron chi connectivity index (χ3n) is 8.81. The number of fused-ring (bicyclic) bond motifs is 2. The van der Waals surface area contributed by atoms with Gasteiger partial charge < -0.3 is 9.88 Å². The number of thiophene rings is 1. The number of benzene rings is 3. The van der Waals surface area contributed by atoms with E-state index in [4.69, 9.17) is 4.99 Å². The lowest BCUT2D eigenvalue weighted by Crippen LogP contribution is -2.27. The number of nitro benzene ring substituents is 1. The van der Waals surface area contributed by atoms with Crippen LogP contribution in [-0.4, -0.2) is 21.6 Å². The topological polar surface area (TPSA) is 89.5 Å². The molecule has 0 saturated heterocycles. The molecule has 0 spiro atoms. The van der Waals surface area contributed by atoms with Gasteiger partial charge in [-0.25, -0.2) is 4.99 Å². The molecular formula is C36H36N4O3S. The highest BCUT2D eigenvalue weighted by Crippen LogP contribution is 2.45. The van der Waals surface area contributed by atoms with Crippen molar-refractivity contribution in [1.29, 1.82) is 0 Å². The molecule has 2 heterocycles. The summed E-state index contributed by atoms with van der Waals surface area (Å²) in [5, 5.41) is 16.1. The van der Waals surface area contributed by atoms with Gasteiger partial charge in [-0.1, -0.05) is 69.3 Å². The number of nitrogens with one attached hydrogen (secondary N) is 1. The standard InChI is InChI=1S/C36H36N4O3S/c1-23-30(28-12-8-9-13-31(28)39(23)22-24-14-17-27(18-15-24)40(42)43)21-37-35-33(34(41)38-26-10-6-5-7-11-26)29-19-16-25(36(2,3)4)20-32(29)44-35/h5-15,17-18,21,25H,16,19-20,22H2,1-4H3,(H,38,41)/t25-/m0/s1. The summed E-state index contributed by atoms with van der Waals surface area (Å²) in [5.74, 6) is 0.433. The van der Waals surface area contributed by atoms with E-state index in [1.54, 1.807) is 35.6 Å². The molecule has 7 nitrogen and oxygen atoms in total. The maximum absolute atomic E-state index is 13.8. The van der Waals surface area contributed by atoms with Crippen LogP contribution in [0.2, 0.25) is 0 Å². The van der Waals surface area contributed by atoms with Gasteiger partial charge in [0.05, 0.1) is 10.5 Å². The summed E-state index contributed by atoms with van der Waals surface area (Å²) in [6, 6.07) is 24.5. The lowest BCUT2D eigenvalue weighted by molar-refractivity contribution is -0.384. The molecule has 2 aromatic heterocycles. The van der Waals surface area contributed by atoms with E-state index < -0.39 is 0 Å². The van der Waals surface area contributed by atoms with Crippen molar-refractivity contribution in [2.45, 2.75) is 53.5 Å². The minimum absolute atomic E-state index is 0.0789. The quantitative estimate of drug-likeness (QED) is 0.114. The Morgan fingerprint density at radius 3 is 2.48 bits per heavy atom. The van der Waals surface area contributed by atoms with Crippen LogP contribution in [0.15, 0.2) is 83.9 Å². The number of amides is 1. The smallest absolute Gasteiger partial charge is 0.269 e. The van der Waals surface area contributed by atoms with E-state index in [-0.39, 0.29) is 21.9 Å². The molecule has 1 aliphatic rings. The monoisotopic (exact) mass is 604 g/mol. The zero-order valence-corrected chi connectivity index (χ0v) is 26.3. The number of carbonyl (C=O) groups excluding carboxylic acids is 1. The molecule has 1 amide bonds. The summed E-state index contributed by atoms with van der Waals surface area (Å²) in [4.78, 5) is 30.8. The van der Waals surface area contributed by atoms with Crippen LogP contribution in [0.3, 0.4) is 0 Å². The van der Waals surface area contributed by atoms with Gasteiger partial charge in [0.1, 0.15) is 5.00 Å². The number of aliphatic imine (C=N–C) groups is 1. The van der Waals surface area contributed by atoms with Crippen molar-refractivity contribution in [3.63, 3.8) is 0 Å². The van der Waals surface area contributed by atoms with Crippen LogP contribution in [0.25, 0.3) is 10.9 Å². The number of nitrogens with zero attached hydrogens (tertiary/aromatic N) is 3. The maximum Gasteiger partial charge on any atom is 0.269 e. The fourth-order valence-corrected chi connectivity index (χ4v) is 7.47. The van der Waals surface area contributed by atoms with Crippen LogP contribution in [0.5, 0.6) is 0 Å². The number of anilines is 1. The number of non-ortho nitro benzene ring substituents is 1. The first-order valence-corrected chi connectivity index (χ1v) is 15.8. The molecule has 224 valence electrons. The molecule has 1 atom stereocenters. The normalized spacial score (nSPS) is 15.0. The molecular weight excluding hydrogens is 568 g/mol. The maximum atomic E-state index is 13.8. The third-order valence-corrected chi connectivity index (χ3v) is 9.97. The summed E-state index contributed by atoms with van der Waals surface area (Å²) < 4.78 is 2.22. The first kappa shape index (κ1) is 29.5. The zero-order valence-electron chi connectivity index (χ0n) is 25.5. The van der Waals surface area contributed by atoms with Crippen LogP contribution in [0.1, 0.15) is 64.8 Å². The Morgan fingerprint density at radius 2 is 1.77 bits per heavy atom. The number of rotatable bonds is 7. The van der Waals surface area contributed by atoms with Crippen molar-refractivity contribution in [3.8, 4) is 0 Å². The third kappa shape index (κ3) is 5.82. The largest absolute Gasteiger partial charge is 0.340 e. The predicted molar refractivity (Wildman–Crippen MR) is 180 cm³/mol. The van der Waals surface area contributed by atoms with E-state index in [2.05, 4.69) is 49.7 Å². The van der Waals surface area contributed by atoms with E-state index >= 15 is 0 Å². The molecule has 8 heteroatoms. The highest BCUT2D eigenvalue weighted by Gasteiger charge is 2.33. The van der Waals surface area contributed by atoms with Crippen molar-refractivity contribution in [1.82, 2.24) is 4.57 Å². The van der Waals surface area contributed by atoms with Crippen molar-refractivity contribution in [3.05, 3.63) is 122 Å². The minimum Gasteiger partial charge on any atom is -0.340 e. The number of nitro groups is 1. The molecule has 44 heavy (non-hydrogen) atoms. The molecule has 0 bridgehead atoms. The highest BCUT2D eigenvalue weighted by atomic mass is 32.1. The van der Waals surface area contributed by atoms with E-state index in [9.17, 15) is 14.9 Å². The minimum atomic E-state index is -0.380. The Labute approximate surface area is 261 Å². The first-order chi connectivity index (χ1) is 21.1. The SMILES string of the molecule is Cc1c(C=Nc2sc3c(c2C(=O)Nc2ccccc2)CC[C@H](C(C)(C)C)C3)c2ccccc2n1Cc1ccc([N+](=O)[O-])cc1. The highest BCUT2D eigenvalue weighted by molar-refractivity contribution is 7.16. The van der Waals surface area contributed by atoms with Gasteiger partial charge in [0.25, 0.3) is 11.6 Å². The predicted octanol–water partition coefficient (Wildman–Crippen LogP) is 9.12. The van der Waals surface area contributed by atoms with E-state index in [1.165, 1.54) is 4.88 Å². The Morgan fingerprint density at radius 1 is 1.07 bits per heavy atom. The van der Waals surface area contributed by atoms with E-state index in [1.807, 2.05) is 48.7 Å². The molecule has 0 radical (unpaired) electrons. The molecule has 1 aliphatic carbocycles. The fraction of sp³-hybridized carbons (Fsp3) is 0.278. The second-order valence-electron chi connectivity index (χ2n) is 12.6. The summed E-state index contributed by atoms with van der Waals surface area (Å²) in [5.41, 5.74) is 6.93. The number of aromatic nitrogens is 1. The molecule has 5 aromatic rings. The first-order valence-electron chi connectivity index (χ1n) is 15.0. The van der Waals surface area contributed by atoms with Crippen molar-refractivity contribution >= 4 is 50.7 Å². The fourth-order valence-electron chi connectivity index (χ4n) is 6.20. The summed E-state index contributed by atoms with van der Waals surface area (Å²) in [6.07, 6.45) is 4.78. The molecule has 0 unspecified atom stereocenters. The number of para-hydroxylation sites is 2. The molecule has 1 N–H and O–H groups in total. The lowest BCUT2D eigenvalue weighted by atomic mass is 9.72. The van der Waals surface area contributed by atoms with Gasteiger partial charge in [-0.3, -0.25) is 14.9 Å². The van der Waals surface area contributed by atoms with Gasteiger partial charge in [0.2, 0.25) is 0 Å². The Bertz CT molecular complexity index is 1880. The Balaban J connectivity index is 1.39. The van der Waals surface area contributed by atoms with Crippen LogP contribution < -0.4 is 5.32 Å². The summed E-state index contributed by atoms with van der Waals surface area (Å²) >= 11 is 1.64. The Hall–Kier alpha value is -4.56. The van der Waals surface area contributed by atoms with Gasteiger partial charge in [-0.2, -0.15) is 0 Å². The summed E-state index contributed by atoms with van der Waals surface area (Å²) in [7, 11) is 0. The van der Waals surface area contributed by atoms with Crippen molar-refractivity contribution in [2.75, 3.05) is 5.32 Å². The molecule has 6 rings (SSSR count). The molecule has 0 saturated carbocycles. The van der Waals surface area contributed by atoms with Crippen molar-refractivity contribution < 1.29 is 9.72 Å². The number of hydrogen-bond acceptors (Lipinski definition) is 5. The molecule has 0 aliphatic heterocycles. The second-order valence-corrected chi connectivity index (χ2v) is 13.7. The molecule has 3 aromatic carbocycles. The van der Waals surface area contributed by atoms with Gasteiger partial charge in [-0.15, -0.1) is 11.3 Å². The number of hydrogen-bond donors (Lipinski definition) is 1. The average molecular weight is 605 g/mol. The van der Waals surface area contributed by atoms with Crippen LogP contribution in [0, 0.1) is 28.4 Å². The van der Waals surface area contributed by atoms with Crippen LogP contribution >= 0.6 is 11.3 Å². The number of carbonyl (C=O) groups is 1. The second kappa shape index (κ2) is 11.8. The van der Waals surface area contributed by atoms with E-state index in [0.29, 0.717) is 18.0 Å². The Kier molecular flexibility index (Phi) is 7.95. The van der Waals surface area contributed by atoms with Gasteiger partial charge >= 0.3 is 0 Å².